The molecule has 1 saturated heterocycles. The molecule has 2 amide bonds. The van der Waals surface area contributed by atoms with Gasteiger partial charge >= 0.3 is 0 Å². The summed E-state index contributed by atoms with van der Waals surface area (Å²) in [6.45, 7) is 2.91. The number of aliphatic hydroxyl groups excluding tert-OH is 1. The van der Waals surface area contributed by atoms with E-state index in [9.17, 15) is 23.5 Å². The number of hydrogen-bond acceptors (Lipinski definition) is 7. The third-order valence-corrected chi connectivity index (χ3v) is 5.79. The fourth-order valence-corrected chi connectivity index (χ4v) is 3.91. The number of aryl methyl sites for hydroxylation is 1. The van der Waals surface area contributed by atoms with Gasteiger partial charge in [0.05, 0.1) is 11.9 Å². The number of rotatable bonds is 6. The Bertz CT molecular complexity index is 1280. The van der Waals surface area contributed by atoms with Crippen molar-refractivity contribution in [1.82, 2.24) is 15.3 Å². The average molecular weight is 498 g/mol. The lowest BCUT2D eigenvalue weighted by atomic mass is 10.0. The lowest BCUT2D eigenvalue weighted by Crippen LogP contribution is -2.39. The molecule has 0 aliphatic carbocycles. The Morgan fingerprint density at radius 2 is 1.83 bits per heavy atom. The molecule has 5 N–H and O–H groups in total. The molecular formula is C25H25F2N5O4. The van der Waals surface area contributed by atoms with Crippen LogP contribution < -0.4 is 16.4 Å². The van der Waals surface area contributed by atoms with E-state index in [0.29, 0.717) is 54.6 Å². The number of nitrogen functional groups attached to an aromatic ring is 1. The predicted octanol–water partition coefficient (Wildman–Crippen LogP) is 2.89. The van der Waals surface area contributed by atoms with E-state index >= 15 is 0 Å². The fraction of sp³-hybridized carbons (Fsp3) is 0.280. The number of nitrogens with two attached hydrogens (primary N) is 1. The van der Waals surface area contributed by atoms with Crippen molar-refractivity contribution >= 4 is 23.3 Å². The number of carbonyl (C=O) groups is 2. The fourth-order valence-electron chi connectivity index (χ4n) is 3.91. The van der Waals surface area contributed by atoms with Gasteiger partial charge in [-0.2, -0.15) is 0 Å². The highest BCUT2D eigenvalue weighted by Crippen LogP contribution is 2.26. The van der Waals surface area contributed by atoms with Crippen LogP contribution in [0.4, 0.5) is 20.3 Å². The molecule has 0 unspecified atom stereocenters. The van der Waals surface area contributed by atoms with Crippen LogP contribution in [0.15, 0.2) is 42.6 Å². The van der Waals surface area contributed by atoms with Gasteiger partial charge in [-0.3, -0.25) is 9.59 Å². The summed E-state index contributed by atoms with van der Waals surface area (Å²) in [5.41, 5.74) is 7.81. The van der Waals surface area contributed by atoms with E-state index in [4.69, 9.17) is 10.5 Å². The minimum Gasteiger partial charge on any atom is -0.382 e. The smallest absolute Gasteiger partial charge is 0.273 e. The molecule has 11 heteroatoms. The Hall–Kier alpha value is -3.96. The number of ether oxygens (including phenoxy) is 1. The number of carbonyl (C=O) groups excluding carboxylic acids is 2. The van der Waals surface area contributed by atoms with Crippen molar-refractivity contribution in [3.63, 3.8) is 0 Å². The molecule has 1 aromatic heterocycles. The van der Waals surface area contributed by atoms with Crippen molar-refractivity contribution in [3.8, 4) is 11.3 Å². The van der Waals surface area contributed by atoms with Crippen LogP contribution in [0.3, 0.4) is 0 Å². The molecule has 1 fully saturated rings. The molecule has 2 heterocycles. The number of anilines is 2. The van der Waals surface area contributed by atoms with Gasteiger partial charge in [0.25, 0.3) is 11.8 Å². The minimum absolute atomic E-state index is 0.00705. The lowest BCUT2D eigenvalue weighted by Gasteiger charge is -2.23. The summed E-state index contributed by atoms with van der Waals surface area (Å²) in [7, 11) is 0. The van der Waals surface area contributed by atoms with Gasteiger partial charge in [0.15, 0.2) is 17.6 Å². The zero-order chi connectivity index (χ0) is 25.8. The van der Waals surface area contributed by atoms with Gasteiger partial charge in [0, 0.05) is 36.6 Å². The molecule has 0 bridgehead atoms. The zero-order valence-electron chi connectivity index (χ0n) is 19.4. The van der Waals surface area contributed by atoms with E-state index in [1.54, 1.807) is 25.1 Å². The van der Waals surface area contributed by atoms with Crippen molar-refractivity contribution in [2.24, 2.45) is 0 Å². The van der Waals surface area contributed by atoms with Gasteiger partial charge in [0.2, 0.25) is 0 Å². The second kappa shape index (κ2) is 10.8. The van der Waals surface area contributed by atoms with Crippen LogP contribution in [0, 0.1) is 18.6 Å². The van der Waals surface area contributed by atoms with Crippen LogP contribution in [0.25, 0.3) is 11.3 Å². The standard InChI is InChI=1S/C25H25F2N5O4/c1-13-8-18(31-25(35)22(33)14-9-15(26)11-16(27)10-14)2-3-19(13)20-12-29-23(28)21(32-20)24(34)30-17-4-6-36-7-5-17/h2-3,8-12,17,22,33H,4-7H2,1H3,(H2,28,29)(H,30,34)(H,31,35)/t22-/m1/s1. The molecule has 0 radical (unpaired) electrons. The Morgan fingerprint density at radius 3 is 2.50 bits per heavy atom. The largest absolute Gasteiger partial charge is 0.382 e. The maximum Gasteiger partial charge on any atom is 0.273 e. The molecular weight excluding hydrogens is 472 g/mol. The normalized spacial score (nSPS) is 14.8. The first kappa shape index (κ1) is 25.1. The van der Waals surface area contributed by atoms with E-state index in [1.807, 2.05) is 0 Å². The second-order valence-electron chi connectivity index (χ2n) is 8.47. The number of hydrogen-bond donors (Lipinski definition) is 4. The highest BCUT2D eigenvalue weighted by Gasteiger charge is 2.22. The van der Waals surface area contributed by atoms with Crippen LogP contribution in [-0.2, 0) is 9.53 Å². The number of halogens is 2. The van der Waals surface area contributed by atoms with Crippen molar-refractivity contribution in [1.29, 1.82) is 0 Å². The van der Waals surface area contributed by atoms with Gasteiger partial charge in [-0.15, -0.1) is 0 Å². The maximum absolute atomic E-state index is 13.4. The van der Waals surface area contributed by atoms with Crippen molar-refractivity contribution in [2.45, 2.75) is 31.9 Å². The van der Waals surface area contributed by atoms with Gasteiger partial charge < -0.3 is 26.2 Å². The molecule has 0 spiro atoms. The van der Waals surface area contributed by atoms with E-state index in [0.717, 1.165) is 12.1 Å². The van der Waals surface area contributed by atoms with Crippen LogP contribution in [0.1, 0.15) is 40.6 Å². The first-order valence-electron chi connectivity index (χ1n) is 11.3. The molecule has 36 heavy (non-hydrogen) atoms. The second-order valence-corrected chi connectivity index (χ2v) is 8.47. The van der Waals surface area contributed by atoms with Gasteiger partial charge in [0.1, 0.15) is 11.6 Å². The highest BCUT2D eigenvalue weighted by molar-refractivity contribution is 5.97. The quantitative estimate of drug-likeness (QED) is 0.411. The predicted molar refractivity (Wildman–Crippen MR) is 128 cm³/mol. The van der Waals surface area contributed by atoms with Crippen LogP contribution >= 0.6 is 0 Å². The summed E-state index contributed by atoms with van der Waals surface area (Å²) in [6, 6.07) is 7.26. The number of nitrogens with zero attached hydrogens (tertiary/aromatic N) is 2. The third kappa shape index (κ3) is 5.81. The van der Waals surface area contributed by atoms with Crippen LogP contribution in [0.5, 0.6) is 0 Å². The van der Waals surface area contributed by atoms with Gasteiger partial charge in [-0.05, 0) is 55.2 Å². The number of amides is 2. The number of aromatic nitrogens is 2. The average Bonchev–Trinajstić information content (AvgIpc) is 2.84. The lowest BCUT2D eigenvalue weighted by molar-refractivity contribution is -0.124. The molecule has 4 rings (SSSR count). The van der Waals surface area contributed by atoms with E-state index < -0.39 is 29.6 Å². The van der Waals surface area contributed by atoms with Crippen molar-refractivity contribution in [3.05, 3.63) is 71.1 Å². The summed E-state index contributed by atoms with van der Waals surface area (Å²) in [6.07, 6.45) is 1.08. The Kier molecular flexibility index (Phi) is 7.51. The zero-order valence-corrected chi connectivity index (χ0v) is 19.4. The number of nitrogens with one attached hydrogen (secondary N) is 2. The first-order chi connectivity index (χ1) is 17.2. The number of aliphatic hydroxyl groups is 1. The monoisotopic (exact) mass is 497 g/mol. The van der Waals surface area contributed by atoms with Gasteiger partial charge in [-0.25, -0.2) is 18.7 Å². The molecule has 188 valence electrons. The molecule has 3 aromatic rings. The van der Waals surface area contributed by atoms with Crippen molar-refractivity contribution in [2.75, 3.05) is 24.3 Å². The molecule has 9 nitrogen and oxygen atoms in total. The van der Waals surface area contributed by atoms with E-state index in [-0.39, 0.29) is 23.1 Å². The molecule has 1 aliphatic rings. The third-order valence-electron chi connectivity index (χ3n) is 5.79. The van der Waals surface area contributed by atoms with Crippen LogP contribution in [-0.4, -0.2) is 46.1 Å². The summed E-state index contributed by atoms with van der Waals surface area (Å²) in [5, 5.41) is 15.6. The van der Waals surface area contributed by atoms with E-state index in [1.165, 1.54) is 6.20 Å². The van der Waals surface area contributed by atoms with Gasteiger partial charge in [-0.1, -0.05) is 6.07 Å². The Labute approximate surface area is 205 Å². The Balaban J connectivity index is 1.50. The SMILES string of the molecule is Cc1cc(NC(=O)[C@H](O)c2cc(F)cc(F)c2)ccc1-c1cnc(N)c(C(=O)NC2CCOCC2)n1. The summed E-state index contributed by atoms with van der Waals surface area (Å²) in [4.78, 5) is 33.7. The molecule has 1 atom stereocenters. The summed E-state index contributed by atoms with van der Waals surface area (Å²) in [5.74, 6) is -3.07. The Morgan fingerprint density at radius 1 is 1.14 bits per heavy atom. The summed E-state index contributed by atoms with van der Waals surface area (Å²) >= 11 is 0. The van der Waals surface area contributed by atoms with E-state index in [2.05, 4.69) is 20.6 Å². The first-order valence-corrected chi connectivity index (χ1v) is 11.3. The minimum atomic E-state index is -1.77. The summed E-state index contributed by atoms with van der Waals surface area (Å²) < 4.78 is 32.2. The maximum atomic E-state index is 13.4. The highest BCUT2D eigenvalue weighted by atomic mass is 19.1. The topological polar surface area (TPSA) is 139 Å². The number of benzene rings is 2. The molecule has 0 saturated carbocycles. The van der Waals surface area contributed by atoms with Crippen molar-refractivity contribution < 1.29 is 28.2 Å². The molecule has 1 aliphatic heterocycles. The molecule has 2 aromatic carbocycles. The van der Waals surface area contributed by atoms with Crippen LogP contribution in [0.2, 0.25) is 0 Å².